The van der Waals surface area contributed by atoms with Crippen molar-refractivity contribution in [1.29, 1.82) is 0 Å². The number of hydrogen-bond donors (Lipinski definition) is 1. The largest absolute Gasteiger partial charge is 0.462 e. The number of hydrogen-bond acceptors (Lipinski definition) is 5. The molecule has 1 N–H and O–H groups in total. The zero-order chi connectivity index (χ0) is 57.6. The Morgan fingerprint density at radius 2 is 0.537 bits per heavy atom. The molecule has 0 heterocycles. The van der Waals surface area contributed by atoms with Gasteiger partial charge in [-0.2, -0.15) is 0 Å². The third-order valence-corrected chi connectivity index (χ3v) is 13.8. The Hall–Kier alpha value is -4.48. The summed E-state index contributed by atoms with van der Waals surface area (Å²) >= 11 is 0. The Balaban J connectivity index is 3.58. The van der Waals surface area contributed by atoms with Crippen LogP contribution in [0.15, 0.2) is 158 Å². The molecule has 0 saturated heterocycles. The number of rotatable bonds is 59. The Morgan fingerprint density at radius 1 is 0.300 bits per heavy atom. The number of carbonyl (C=O) groups excluding carboxylic acids is 2. The second kappa shape index (κ2) is 68.8. The van der Waals surface area contributed by atoms with Crippen molar-refractivity contribution >= 4 is 11.9 Å². The fourth-order valence-electron chi connectivity index (χ4n) is 8.89. The highest BCUT2D eigenvalue weighted by Gasteiger charge is 2.16. The van der Waals surface area contributed by atoms with Gasteiger partial charge in [-0.3, -0.25) is 9.59 Å². The van der Waals surface area contributed by atoms with Crippen LogP contribution in [0, 0.1) is 0 Å². The minimum Gasteiger partial charge on any atom is -0.462 e. The number of allylic oxidation sites excluding steroid dienone is 26. The predicted octanol–water partition coefficient (Wildman–Crippen LogP) is 23.1. The summed E-state index contributed by atoms with van der Waals surface area (Å²) in [5.74, 6) is -0.606. The van der Waals surface area contributed by atoms with Crippen molar-refractivity contribution in [2.24, 2.45) is 0 Å². The highest BCUT2D eigenvalue weighted by Crippen LogP contribution is 2.15. The molecule has 5 nitrogen and oxygen atoms in total. The minimum atomic E-state index is -0.790. The lowest BCUT2D eigenvalue weighted by Crippen LogP contribution is -2.28. The molecule has 0 bridgehead atoms. The molecule has 0 fully saturated rings. The van der Waals surface area contributed by atoms with Gasteiger partial charge < -0.3 is 14.6 Å². The Labute approximate surface area is 494 Å². The van der Waals surface area contributed by atoms with Gasteiger partial charge in [0.2, 0.25) is 0 Å². The third-order valence-electron chi connectivity index (χ3n) is 13.8. The molecule has 0 aromatic rings. The van der Waals surface area contributed by atoms with Gasteiger partial charge in [-0.05, 0) is 128 Å². The van der Waals surface area contributed by atoms with Crippen LogP contribution in [-0.2, 0) is 19.1 Å². The average Bonchev–Trinajstić information content (AvgIpc) is 3.46. The molecule has 0 saturated carbocycles. The van der Waals surface area contributed by atoms with E-state index in [-0.39, 0.29) is 25.2 Å². The van der Waals surface area contributed by atoms with Crippen molar-refractivity contribution in [3.63, 3.8) is 0 Å². The molecule has 1 unspecified atom stereocenters. The van der Waals surface area contributed by atoms with Crippen molar-refractivity contribution in [3.05, 3.63) is 158 Å². The molecule has 80 heavy (non-hydrogen) atoms. The summed E-state index contributed by atoms with van der Waals surface area (Å²) in [6, 6.07) is 0. The SMILES string of the molecule is CC/C=C\C/C=C\C/C=C\C/C=C\C/C=C\C/C=C\C/C=C\C/C=C\C/C=C\C/C=C\CCCCCCCCCCC(=O)OC(CO)COC(=O)CCCCCCCCCCCCCC/C=C\C/C=C\C/C=C\CCCCCCC. The third kappa shape index (κ3) is 66.0. The number of aliphatic hydroxyl groups excluding tert-OH is 1. The van der Waals surface area contributed by atoms with E-state index >= 15 is 0 Å². The van der Waals surface area contributed by atoms with Gasteiger partial charge in [-0.1, -0.05) is 300 Å². The van der Waals surface area contributed by atoms with Gasteiger partial charge >= 0.3 is 11.9 Å². The quantitative estimate of drug-likeness (QED) is 0.0373. The summed E-state index contributed by atoms with van der Waals surface area (Å²) in [6.07, 6.45) is 105. The molecule has 0 aromatic carbocycles. The molecule has 0 amide bonds. The lowest BCUT2D eigenvalue weighted by molar-refractivity contribution is -0.161. The number of ether oxygens (including phenoxy) is 2. The van der Waals surface area contributed by atoms with Crippen molar-refractivity contribution in [1.82, 2.24) is 0 Å². The van der Waals surface area contributed by atoms with Crippen LogP contribution in [0.3, 0.4) is 0 Å². The number of carbonyl (C=O) groups is 2. The van der Waals surface area contributed by atoms with Gasteiger partial charge in [0.1, 0.15) is 6.61 Å². The van der Waals surface area contributed by atoms with Crippen molar-refractivity contribution in [3.8, 4) is 0 Å². The van der Waals surface area contributed by atoms with E-state index in [1.807, 2.05) is 0 Å². The van der Waals surface area contributed by atoms with E-state index in [4.69, 9.17) is 9.47 Å². The molecule has 1 atom stereocenters. The maximum atomic E-state index is 12.4. The van der Waals surface area contributed by atoms with Crippen LogP contribution < -0.4 is 0 Å². The van der Waals surface area contributed by atoms with E-state index in [9.17, 15) is 14.7 Å². The Morgan fingerprint density at radius 3 is 0.812 bits per heavy atom. The van der Waals surface area contributed by atoms with Crippen LogP contribution >= 0.6 is 0 Å². The van der Waals surface area contributed by atoms with E-state index in [0.29, 0.717) is 12.8 Å². The van der Waals surface area contributed by atoms with Gasteiger partial charge in [0.05, 0.1) is 6.61 Å². The molecule has 0 radical (unpaired) electrons. The summed E-state index contributed by atoms with van der Waals surface area (Å²) in [4.78, 5) is 24.6. The highest BCUT2D eigenvalue weighted by molar-refractivity contribution is 5.70. The van der Waals surface area contributed by atoms with Gasteiger partial charge in [0.25, 0.3) is 0 Å². The monoisotopic (exact) mass is 1100 g/mol. The number of unbranched alkanes of at least 4 members (excludes halogenated alkanes) is 25. The smallest absolute Gasteiger partial charge is 0.306 e. The second-order valence-electron chi connectivity index (χ2n) is 21.5. The van der Waals surface area contributed by atoms with Crippen LogP contribution in [0.2, 0.25) is 0 Å². The molecular formula is C75H122O5. The van der Waals surface area contributed by atoms with Crippen molar-refractivity contribution in [2.45, 2.75) is 290 Å². The molecule has 0 aliphatic carbocycles. The highest BCUT2D eigenvalue weighted by atomic mass is 16.6. The summed E-state index contributed by atoms with van der Waals surface area (Å²) in [5.41, 5.74) is 0. The molecule has 0 rings (SSSR count). The topological polar surface area (TPSA) is 72.8 Å². The van der Waals surface area contributed by atoms with E-state index in [1.165, 1.54) is 135 Å². The lowest BCUT2D eigenvalue weighted by Gasteiger charge is -2.15. The maximum Gasteiger partial charge on any atom is 0.306 e. The second-order valence-corrected chi connectivity index (χ2v) is 21.5. The molecule has 0 aromatic heterocycles. The lowest BCUT2D eigenvalue weighted by atomic mass is 10.0. The van der Waals surface area contributed by atoms with Crippen LogP contribution in [0.25, 0.3) is 0 Å². The van der Waals surface area contributed by atoms with E-state index in [2.05, 4.69) is 172 Å². The first kappa shape index (κ1) is 75.5. The van der Waals surface area contributed by atoms with Crippen molar-refractivity contribution < 1.29 is 24.2 Å². The van der Waals surface area contributed by atoms with E-state index < -0.39 is 6.10 Å². The molecule has 0 aliphatic rings. The summed E-state index contributed by atoms with van der Waals surface area (Å²) in [5, 5.41) is 9.69. The first-order valence-corrected chi connectivity index (χ1v) is 33.0. The first-order chi connectivity index (χ1) is 39.6. The Kier molecular flexibility index (Phi) is 64.9. The fraction of sp³-hybridized carbons (Fsp3) is 0.627. The standard InChI is InChI=1S/C75H122O5/c1-3-5-7-9-11-13-15-17-19-21-23-25-27-29-31-32-33-34-35-36-37-38-39-40-41-42-44-46-48-50-52-54-56-58-60-62-64-66-68-70-75(78)80-73(71-76)72-79-74(77)69-67-65-63-61-59-57-55-53-51-49-47-45-43-30-28-26-24-22-20-18-16-14-12-10-8-6-4-2/h5,7,11,13,16-19,22-25,28-31,33-34,36-37,39-40,42,44,48,50,73,76H,3-4,6,8-10,12,14-15,20-21,26-27,32,35,38,41,43,45-47,49,51-72H2,1-2H3/b7-5-,13-11-,18-16-,19-17-,24-22-,25-23-,30-28-,31-29-,34-33-,37-36-,40-39-,44-42-,50-48-. The number of aliphatic hydroxyl groups is 1. The zero-order valence-corrected chi connectivity index (χ0v) is 51.8. The van der Waals surface area contributed by atoms with Crippen LogP contribution in [0.5, 0.6) is 0 Å². The molecular weight excluding hydrogens is 981 g/mol. The van der Waals surface area contributed by atoms with E-state index in [1.54, 1.807) is 0 Å². The number of esters is 2. The normalized spacial score (nSPS) is 13.3. The van der Waals surface area contributed by atoms with Crippen molar-refractivity contribution in [2.75, 3.05) is 13.2 Å². The van der Waals surface area contributed by atoms with E-state index in [0.717, 1.165) is 122 Å². The van der Waals surface area contributed by atoms with Crippen LogP contribution in [0.4, 0.5) is 0 Å². The zero-order valence-electron chi connectivity index (χ0n) is 51.8. The fourth-order valence-corrected chi connectivity index (χ4v) is 8.89. The van der Waals surface area contributed by atoms with Gasteiger partial charge in [0, 0.05) is 12.8 Å². The average molecular weight is 1100 g/mol. The molecule has 0 aliphatic heterocycles. The Bertz CT molecular complexity index is 1730. The summed E-state index contributed by atoms with van der Waals surface area (Å²) < 4.78 is 10.7. The van der Waals surface area contributed by atoms with Crippen LogP contribution in [0.1, 0.15) is 284 Å². The predicted molar refractivity (Wildman–Crippen MR) is 352 cm³/mol. The molecule has 5 heteroatoms. The molecule has 0 spiro atoms. The first-order valence-electron chi connectivity index (χ1n) is 33.0. The van der Waals surface area contributed by atoms with Gasteiger partial charge in [-0.25, -0.2) is 0 Å². The van der Waals surface area contributed by atoms with Gasteiger partial charge in [0.15, 0.2) is 6.10 Å². The summed E-state index contributed by atoms with van der Waals surface area (Å²) in [7, 11) is 0. The summed E-state index contributed by atoms with van der Waals surface area (Å²) in [6.45, 7) is 4.01. The molecule has 452 valence electrons. The van der Waals surface area contributed by atoms with Gasteiger partial charge in [-0.15, -0.1) is 0 Å². The van der Waals surface area contributed by atoms with Crippen LogP contribution in [-0.4, -0.2) is 36.4 Å². The maximum absolute atomic E-state index is 12.4. The minimum absolute atomic E-state index is 0.0782.